The van der Waals surface area contributed by atoms with E-state index >= 15 is 0 Å². The molecule has 10 aromatic rings. The van der Waals surface area contributed by atoms with E-state index < -0.39 is 17.7 Å². The zero-order valence-corrected chi connectivity index (χ0v) is 33.5. The van der Waals surface area contributed by atoms with Crippen molar-refractivity contribution in [3.63, 3.8) is 0 Å². The summed E-state index contributed by atoms with van der Waals surface area (Å²) in [6.07, 6.45) is 0. The number of hydrogen-bond donors (Lipinski definition) is 3. The number of carbonyl (C=O) groups is 3. The number of nitrogens with one attached hydrogen (secondary N) is 3. The molecule has 0 aliphatic heterocycles. The van der Waals surface area contributed by atoms with Gasteiger partial charge in [-0.25, -0.2) is 0 Å². The van der Waals surface area contributed by atoms with Crippen LogP contribution in [0.4, 0.5) is 17.1 Å². The number of para-hydroxylation sites is 3. The molecule has 60 heavy (non-hydrogen) atoms. The van der Waals surface area contributed by atoms with Crippen LogP contribution in [-0.4, -0.2) is 31.4 Å². The van der Waals surface area contributed by atoms with E-state index in [1.807, 2.05) is 91.0 Å². The highest BCUT2D eigenvalue weighted by molar-refractivity contribution is 6.19. The van der Waals surface area contributed by atoms with Crippen LogP contribution in [0.3, 0.4) is 0 Å². The fourth-order valence-corrected chi connectivity index (χ4v) is 9.09. The van der Waals surface area contributed by atoms with E-state index in [0.29, 0.717) is 17.1 Å². The van der Waals surface area contributed by atoms with Crippen LogP contribution in [0, 0.1) is 0 Å². The number of aromatic nitrogens is 3. The molecular weight excluding hydrogens is 745 g/mol. The highest BCUT2D eigenvalue weighted by Gasteiger charge is 2.22. The molecule has 0 saturated heterocycles. The Kier molecular flexibility index (Phi) is 8.94. The second-order valence-corrected chi connectivity index (χ2v) is 15.1. The van der Waals surface area contributed by atoms with Crippen molar-refractivity contribution in [3.8, 4) is 0 Å². The molecule has 0 spiro atoms. The zero-order valence-electron chi connectivity index (χ0n) is 33.5. The van der Waals surface area contributed by atoms with Gasteiger partial charge < -0.3 is 29.7 Å². The number of nitrogens with zero attached hydrogens (tertiary/aromatic N) is 3. The number of anilines is 3. The van der Waals surface area contributed by atoms with E-state index in [0.717, 1.165) is 85.1 Å². The molecule has 3 N–H and O–H groups in total. The molecule has 7 aromatic carbocycles. The number of benzene rings is 7. The van der Waals surface area contributed by atoms with Crippen molar-refractivity contribution in [2.75, 3.05) is 16.0 Å². The SMILES string of the molecule is CCn1c2ccccc2c2cc(NC(=O)c3ccc(C(=O)Nc4ccc5c(c4)c4ccccc4n5CC)c(C(=O)Nc4ccc5c(c4)c4ccccc4n5CC)c3)ccc21. The van der Waals surface area contributed by atoms with Gasteiger partial charge in [0.2, 0.25) is 0 Å². The predicted molar refractivity (Wildman–Crippen MR) is 246 cm³/mol. The third-order valence-electron chi connectivity index (χ3n) is 11.8. The molecule has 294 valence electrons. The average Bonchev–Trinajstić information content (AvgIpc) is 3.90. The van der Waals surface area contributed by atoms with Crippen molar-refractivity contribution >= 4 is 100 Å². The van der Waals surface area contributed by atoms with E-state index in [4.69, 9.17) is 0 Å². The van der Waals surface area contributed by atoms with Gasteiger partial charge in [0.25, 0.3) is 17.7 Å². The average molecular weight is 787 g/mol. The van der Waals surface area contributed by atoms with Gasteiger partial charge in [-0.15, -0.1) is 0 Å². The lowest BCUT2D eigenvalue weighted by atomic mass is 10.0. The minimum absolute atomic E-state index is 0.0707. The second-order valence-electron chi connectivity index (χ2n) is 15.1. The summed E-state index contributed by atoms with van der Waals surface area (Å²) in [5.74, 6) is -1.38. The molecule has 3 amide bonds. The first kappa shape index (κ1) is 36.7. The van der Waals surface area contributed by atoms with Gasteiger partial charge >= 0.3 is 0 Å². The van der Waals surface area contributed by atoms with Crippen LogP contribution < -0.4 is 16.0 Å². The van der Waals surface area contributed by atoms with Gasteiger partial charge in [-0.1, -0.05) is 54.6 Å². The quantitative estimate of drug-likeness (QED) is 0.136. The number of fused-ring (bicyclic) bond motifs is 9. The summed E-state index contributed by atoms with van der Waals surface area (Å²) < 4.78 is 6.76. The summed E-state index contributed by atoms with van der Waals surface area (Å²) in [6.45, 7) is 8.76. The highest BCUT2D eigenvalue weighted by Crippen LogP contribution is 2.34. The van der Waals surface area contributed by atoms with Crippen LogP contribution in [0.5, 0.6) is 0 Å². The number of carbonyl (C=O) groups excluding carboxylic acids is 3. The molecule has 0 saturated carbocycles. The van der Waals surface area contributed by atoms with Gasteiger partial charge in [0, 0.05) is 108 Å². The Labute approximate surface area is 345 Å². The molecule has 0 aliphatic carbocycles. The van der Waals surface area contributed by atoms with Crippen molar-refractivity contribution in [3.05, 3.63) is 162 Å². The van der Waals surface area contributed by atoms with E-state index in [9.17, 15) is 14.4 Å². The lowest BCUT2D eigenvalue weighted by Gasteiger charge is -2.14. The van der Waals surface area contributed by atoms with E-state index in [1.54, 1.807) is 12.1 Å². The third-order valence-corrected chi connectivity index (χ3v) is 11.8. The summed E-state index contributed by atoms with van der Waals surface area (Å²) in [6, 6.07) is 46.9. The minimum Gasteiger partial charge on any atom is -0.341 e. The maximum Gasteiger partial charge on any atom is 0.256 e. The largest absolute Gasteiger partial charge is 0.341 e. The molecule has 0 radical (unpaired) electrons. The Morgan fingerprint density at radius 3 is 1.12 bits per heavy atom. The Bertz CT molecular complexity index is 3390. The number of rotatable bonds is 9. The number of amides is 3. The second kappa shape index (κ2) is 14.6. The summed E-state index contributed by atoms with van der Waals surface area (Å²) >= 11 is 0. The Morgan fingerprint density at radius 2 is 0.717 bits per heavy atom. The Hall–Kier alpha value is -7.65. The molecule has 9 nitrogen and oxygen atoms in total. The Morgan fingerprint density at radius 1 is 0.367 bits per heavy atom. The first-order valence-corrected chi connectivity index (χ1v) is 20.5. The van der Waals surface area contributed by atoms with E-state index in [-0.39, 0.29) is 16.7 Å². The summed E-state index contributed by atoms with van der Waals surface area (Å²) in [5.41, 5.74) is 8.82. The van der Waals surface area contributed by atoms with Crippen LogP contribution in [0.25, 0.3) is 65.4 Å². The van der Waals surface area contributed by atoms with Gasteiger partial charge in [-0.05, 0) is 112 Å². The molecule has 9 heteroatoms. The molecule has 0 atom stereocenters. The minimum atomic E-state index is -0.511. The standard InChI is InChI=1S/C51H42N6O3/c1-4-55-43-16-10-7-13-35(43)39-28-32(20-24-46(39)55)52-49(58)31-19-23-38(50(59)53-33-21-25-47-40(29-33)36-14-8-11-17-44(36)56(47)5-2)42(27-31)51(60)54-34-22-26-48-41(30-34)37-15-9-12-18-45(37)57(48)6-3/h7-30H,4-6H2,1-3H3,(H,52,58)(H,53,59)(H,54,60). The van der Waals surface area contributed by atoms with Crippen molar-refractivity contribution < 1.29 is 14.4 Å². The number of hydrogen-bond acceptors (Lipinski definition) is 3. The van der Waals surface area contributed by atoms with Crippen LogP contribution in [0.15, 0.2) is 146 Å². The highest BCUT2D eigenvalue weighted by atomic mass is 16.2. The van der Waals surface area contributed by atoms with Crippen molar-refractivity contribution in [2.24, 2.45) is 0 Å². The van der Waals surface area contributed by atoms with Gasteiger partial charge in [0.05, 0.1) is 11.1 Å². The van der Waals surface area contributed by atoms with Crippen LogP contribution >= 0.6 is 0 Å². The van der Waals surface area contributed by atoms with Crippen LogP contribution in [0.2, 0.25) is 0 Å². The first-order valence-electron chi connectivity index (χ1n) is 20.5. The lowest BCUT2D eigenvalue weighted by molar-refractivity contribution is 0.0989. The summed E-state index contributed by atoms with van der Waals surface area (Å²) in [4.78, 5) is 42.6. The van der Waals surface area contributed by atoms with Crippen LogP contribution in [0.1, 0.15) is 51.8 Å². The molecular formula is C51H42N6O3. The molecule has 0 bridgehead atoms. The molecule has 0 aliphatic rings. The molecule has 0 fully saturated rings. The molecule has 0 unspecified atom stereocenters. The molecule has 3 aromatic heterocycles. The first-order chi connectivity index (χ1) is 29.3. The zero-order chi connectivity index (χ0) is 41.1. The maximum absolute atomic E-state index is 14.4. The maximum atomic E-state index is 14.4. The van der Waals surface area contributed by atoms with Gasteiger partial charge in [0.1, 0.15) is 0 Å². The molecule has 3 heterocycles. The van der Waals surface area contributed by atoms with Crippen LogP contribution in [-0.2, 0) is 19.6 Å². The van der Waals surface area contributed by atoms with Gasteiger partial charge in [-0.3, -0.25) is 14.4 Å². The van der Waals surface area contributed by atoms with Crippen molar-refractivity contribution in [1.82, 2.24) is 13.7 Å². The Balaban J connectivity index is 1.01. The topological polar surface area (TPSA) is 102 Å². The fourth-order valence-electron chi connectivity index (χ4n) is 9.09. The fraction of sp³-hybridized carbons (Fsp3) is 0.118. The van der Waals surface area contributed by atoms with E-state index in [1.165, 1.54) is 6.07 Å². The smallest absolute Gasteiger partial charge is 0.256 e. The third kappa shape index (κ3) is 5.97. The summed E-state index contributed by atoms with van der Waals surface area (Å²) in [7, 11) is 0. The monoisotopic (exact) mass is 786 g/mol. The van der Waals surface area contributed by atoms with E-state index in [2.05, 4.69) is 86.8 Å². The van der Waals surface area contributed by atoms with Crippen molar-refractivity contribution in [1.29, 1.82) is 0 Å². The van der Waals surface area contributed by atoms with Gasteiger partial charge in [0.15, 0.2) is 0 Å². The molecule has 10 rings (SSSR count). The number of aryl methyl sites for hydroxylation is 3. The van der Waals surface area contributed by atoms with Crippen molar-refractivity contribution in [2.45, 2.75) is 40.4 Å². The summed E-state index contributed by atoms with van der Waals surface area (Å²) in [5, 5.41) is 15.5. The van der Waals surface area contributed by atoms with Gasteiger partial charge in [-0.2, -0.15) is 0 Å². The normalized spacial score (nSPS) is 11.7. The predicted octanol–water partition coefficient (Wildman–Crippen LogP) is 11.8. The lowest BCUT2D eigenvalue weighted by Crippen LogP contribution is -2.22.